The first-order valence-electron chi connectivity index (χ1n) is 9.58. The Balaban J connectivity index is 1.75. The van der Waals surface area contributed by atoms with Crippen LogP contribution in [0.2, 0.25) is 0 Å². The van der Waals surface area contributed by atoms with Crippen LogP contribution in [-0.2, 0) is 20.9 Å². The first kappa shape index (κ1) is 21.3. The van der Waals surface area contributed by atoms with Crippen LogP contribution >= 0.6 is 28.1 Å². The smallest absolute Gasteiger partial charge is 0.325 e. The van der Waals surface area contributed by atoms with Crippen LogP contribution in [0, 0.1) is 13.8 Å². The molecule has 1 N–H and O–H groups in total. The number of ether oxygens (including phenoxy) is 1. The van der Waals surface area contributed by atoms with Crippen LogP contribution in [0.15, 0.2) is 52.8 Å². The Morgan fingerprint density at radius 3 is 2.68 bits per heavy atom. The van der Waals surface area contributed by atoms with E-state index in [4.69, 9.17) is 17.0 Å². The van der Waals surface area contributed by atoms with E-state index in [1.54, 1.807) is 10.6 Å². The number of carbonyl (C=O) groups is 2. The molecular weight excluding hydrogens is 478 g/mol. The summed E-state index contributed by atoms with van der Waals surface area (Å²) in [6.45, 7) is 4.10. The Kier molecular flexibility index (Phi) is 5.68. The fourth-order valence-corrected chi connectivity index (χ4v) is 4.20. The number of aryl methyl sites for hydroxylation is 2. The number of hydrogen-bond acceptors (Lipinski definition) is 4. The van der Waals surface area contributed by atoms with Gasteiger partial charge >= 0.3 is 5.97 Å². The van der Waals surface area contributed by atoms with E-state index >= 15 is 0 Å². The molecule has 31 heavy (non-hydrogen) atoms. The number of esters is 1. The zero-order valence-electron chi connectivity index (χ0n) is 17.2. The van der Waals surface area contributed by atoms with Crippen LogP contribution < -0.4 is 10.2 Å². The summed E-state index contributed by atoms with van der Waals surface area (Å²) in [5, 5.41) is 4.26. The van der Waals surface area contributed by atoms with Gasteiger partial charge in [0.1, 0.15) is 12.2 Å². The summed E-state index contributed by atoms with van der Waals surface area (Å²) in [7, 11) is 1.36. The van der Waals surface area contributed by atoms with Gasteiger partial charge in [-0.1, -0.05) is 22.0 Å². The van der Waals surface area contributed by atoms with E-state index in [-0.39, 0.29) is 18.4 Å². The number of anilines is 1. The van der Waals surface area contributed by atoms with Crippen LogP contribution in [-0.4, -0.2) is 28.7 Å². The topological polar surface area (TPSA) is 63.6 Å². The van der Waals surface area contributed by atoms with Crippen LogP contribution in [0.4, 0.5) is 5.69 Å². The largest absolute Gasteiger partial charge is 0.468 e. The van der Waals surface area contributed by atoms with Gasteiger partial charge in [-0.25, -0.2) is 0 Å². The molecule has 158 valence electrons. The van der Waals surface area contributed by atoms with Gasteiger partial charge in [-0.05, 0) is 73.6 Å². The molecule has 0 aliphatic carbocycles. The van der Waals surface area contributed by atoms with Gasteiger partial charge in [0, 0.05) is 27.1 Å². The second-order valence-corrected chi connectivity index (χ2v) is 8.65. The van der Waals surface area contributed by atoms with E-state index in [2.05, 4.69) is 21.2 Å². The van der Waals surface area contributed by atoms with Crippen molar-refractivity contribution in [3.8, 4) is 0 Å². The predicted octanol–water partition coefficient (Wildman–Crippen LogP) is 4.46. The number of methoxy groups -OCH3 is 1. The normalized spacial score (nSPS) is 15.1. The van der Waals surface area contributed by atoms with E-state index in [0.29, 0.717) is 10.8 Å². The Morgan fingerprint density at radius 1 is 1.19 bits per heavy atom. The summed E-state index contributed by atoms with van der Waals surface area (Å²) in [5.41, 5.74) is 4.99. The highest BCUT2D eigenvalue weighted by Gasteiger charge is 2.32. The fourth-order valence-electron chi connectivity index (χ4n) is 3.54. The number of benzene rings is 2. The number of rotatable bonds is 4. The van der Waals surface area contributed by atoms with Crippen molar-refractivity contribution >= 4 is 67.8 Å². The summed E-state index contributed by atoms with van der Waals surface area (Å²) in [6, 6.07) is 11.6. The molecule has 0 atom stereocenters. The molecule has 1 amide bonds. The Hall–Kier alpha value is -2.97. The molecule has 1 fully saturated rings. The van der Waals surface area contributed by atoms with Crippen molar-refractivity contribution in [1.82, 2.24) is 9.88 Å². The molecule has 0 radical (unpaired) electrons. The SMILES string of the molecule is COC(=O)Cn1cc(/C=C2\NC(=S)N(c3ccc(C)c(C)c3)C2=O)c2cc(Br)ccc21. The summed E-state index contributed by atoms with van der Waals surface area (Å²) >= 11 is 8.94. The van der Waals surface area contributed by atoms with Gasteiger partial charge in [-0.15, -0.1) is 0 Å². The number of hydrogen-bond donors (Lipinski definition) is 1. The van der Waals surface area contributed by atoms with Gasteiger partial charge in [0.05, 0.1) is 12.8 Å². The molecule has 0 bridgehead atoms. The molecule has 8 heteroatoms. The number of thiocarbonyl (C=S) groups is 1. The number of halogens is 1. The number of nitrogens with one attached hydrogen (secondary N) is 1. The van der Waals surface area contributed by atoms with Crippen molar-refractivity contribution in [3.63, 3.8) is 0 Å². The molecule has 1 aliphatic rings. The molecule has 1 aliphatic heterocycles. The first-order chi connectivity index (χ1) is 14.8. The quantitative estimate of drug-likeness (QED) is 0.327. The van der Waals surface area contributed by atoms with Crippen LogP contribution in [0.25, 0.3) is 17.0 Å². The number of carbonyl (C=O) groups excluding carboxylic acids is 2. The minimum Gasteiger partial charge on any atom is -0.468 e. The third-order valence-corrected chi connectivity index (χ3v) is 6.11. The van der Waals surface area contributed by atoms with E-state index in [1.165, 1.54) is 12.0 Å². The van der Waals surface area contributed by atoms with Gasteiger partial charge in [0.2, 0.25) is 0 Å². The molecule has 0 saturated carbocycles. The van der Waals surface area contributed by atoms with Crippen molar-refractivity contribution in [1.29, 1.82) is 0 Å². The van der Waals surface area contributed by atoms with Crippen LogP contribution in [0.3, 0.4) is 0 Å². The predicted molar refractivity (Wildman–Crippen MR) is 129 cm³/mol. The third kappa shape index (κ3) is 4.00. The average molecular weight is 498 g/mol. The number of nitrogens with zero attached hydrogens (tertiary/aromatic N) is 2. The van der Waals surface area contributed by atoms with Crippen LogP contribution in [0.5, 0.6) is 0 Å². The van der Waals surface area contributed by atoms with Gasteiger partial charge in [-0.2, -0.15) is 0 Å². The van der Waals surface area contributed by atoms with E-state index in [1.807, 2.05) is 56.4 Å². The van der Waals surface area contributed by atoms with E-state index in [9.17, 15) is 9.59 Å². The first-order valence-corrected chi connectivity index (χ1v) is 10.8. The van der Waals surface area contributed by atoms with Gasteiger partial charge in [0.15, 0.2) is 5.11 Å². The summed E-state index contributed by atoms with van der Waals surface area (Å²) in [4.78, 5) is 26.5. The van der Waals surface area contributed by atoms with Crippen molar-refractivity contribution in [2.24, 2.45) is 0 Å². The number of fused-ring (bicyclic) bond motifs is 1. The lowest BCUT2D eigenvalue weighted by molar-refractivity contribution is -0.141. The van der Waals surface area contributed by atoms with E-state index in [0.717, 1.165) is 37.8 Å². The van der Waals surface area contributed by atoms with Crippen molar-refractivity contribution in [2.45, 2.75) is 20.4 Å². The molecule has 0 spiro atoms. The highest BCUT2D eigenvalue weighted by atomic mass is 79.9. The Bertz CT molecular complexity index is 1280. The highest BCUT2D eigenvalue weighted by Crippen LogP contribution is 2.29. The maximum Gasteiger partial charge on any atom is 0.325 e. The lowest BCUT2D eigenvalue weighted by atomic mass is 10.1. The van der Waals surface area contributed by atoms with Crippen molar-refractivity contribution < 1.29 is 14.3 Å². The van der Waals surface area contributed by atoms with E-state index < -0.39 is 0 Å². The van der Waals surface area contributed by atoms with Crippen LogP contribution in [0.1, 0.15) is 16.7 Å². The standard InChI is InChI=1S/C23H20BrN3O3S/c1-13-4-6-17(8-14(13)2)27-22(29)19(25-23(27)31)9-15-11-26(12-21(28)30-3)20-7-5-16(24)10-18(15)20/h4-11H,12H2,1-3H3,(H,25,31)/b19-9-. The third-order valence-electron chi connectivity index (χ3n) is 5.33. The molecule has 4 rings (SSSR count). The lowest BCUT2D eigenvalue weighted by Crippen LogP contribution is -2.30. The molecule has 3 aromatic rings. The van der Waals surface area contributed by atoms with Gasteiger partial charge < -0.3 is 14.6 Å². The molecule has 1 aromatic heterocycles. The molecule has 2 heterocycles. The lowest BCUT2D eigenvalue weighted by Gasteiger charge is -2.15. The summed E-state index contributed by atoms with van der Waals surface area (Å²) in [6.07, 6.45) is 3.59. The zero-order valence-corrected chi connectivity index (χ0v) is 19.6. The zero-order chi connectivity index (χ0) is 22.3. The molecule has 6 nitrogen and oxygen atoms in total. The highest BCUT2D eigenvalue weighted by molar-refractivity contribution is 9.10. The van der Waals surface area contributed by atoms with Gasteiger partial charge in [0.25, 0.3) is 5.91 Å². The number of aromatic nitrogens is 1. The Morgan fingerprint density at radius 2 is 1.97 bits per heavy atom. The number of amides is 1. The Labute approximate surface area is 193 Å². The monoisotopic (exact) mass is 497 g/mol. The summed E-state index contributed by atoms with van der Waals surface area (Å²) in [5.74, 6) is -0.576. The summed E-state index contributed by atoms with van der Waals surface area (Å²) < 4.78 is 7.51. The van der Waals surface area contributed by atoms with Crippen molar-refractivity contribution in [2.75, 3.05) is 12.0 Å². The molecule has 2 aromatic carbocycles. The fraction of sp³-hybridized carbons (Fsp3) is 0.174. The average Bonchev–Trinajstić information content (AvgIpc) is 3.20. The second kappa shape index (κ2) is 8.28. The maximum atomic E-state index is 13.2. The minimum atomic E-state index is -0.351. The molecule has 1 saturated heterocycles. The maximum absolute atomic E-state index is 13.2. The van der Waals surface area contributed by atoms with Crippen molar-refractivity contribution in [3.05, 3.63) is 69.5 Å². The molecular formula is C23H20BrN3O3S. The minimum absolute atomic E-state index is 0.0758. The molecule has 0 unspecified atom stereocenters. The van der Waals surface area contributed by atoms with Gasteiger partial charge in [-0.3, -0.25) is 14.5 Å². The second-order valence-electron chi connectivity index (χ2n) is 7.35.